The number of amides is 1. The van der Waals surface area contributed by atoms with E-state index in [0.29, 0.717) is 23.1 Å². The molecule has 1 aromatic heterocycles. The number of nitro benzene ring substituents is 1. The standard InChI is InChI=1S/C20H13Cl2F3N4O3/c1-10-6-12(27-19(30)14-8-13(29(31)32)3-4-15(14)21)2-5-17(10)28-18-16(22)7-11(9-26-18)20(23,24)25/h2-9H,1H3,(H,26,28)(H,27,30). The van der Waals surface area contributed by atoms with E-state index in [4.69, 9.17) is 23.2 Å². The number of nitrogens with one attached hydrogen (secondary N) is 2. The number of nitro groups is 1. The van der Waals surface area contributed by atoms with E-state index >= 15 is 0 Å². The summed E-state index contributed by atoms with van der Waals surface area (Å²) in [6.07, 6.45) is -3.89. The number of benzene rings is 2. The Morgan fingerprint density at radius 1 is 1.09 bits per heavy atom. The first-order chi connectivity index (χ1) is 15.0. The second kappa shape index (κ2) is 9.01. The maximum absolute atomic E-state index is 12.8. The number of nitrogens with zero attached hydrogens (tertiary/aromatic N) is 2. The van der Waals surface area contributed by atoms with Crippen LogP contribution in [0.4, 0.5) is 36.1 Å². The molecule has 32 heavy (non-hydrogen) atoms. The summed E-state index contributed by atoms with van der Waals surface area (Å²) < 4.78 is 38.3. The van der Waals surface area contributed by atoms with Gasteiger partial charge in [-0.05, 0) is 42.8 Å². The number of aromatic nitrogens is 1. The quantitative estimate of drug-likeness (QED) is 0.313. The Bertz CT molecular complexity index is 1220. The molecule has 1 heterocycles. The van der Waals surface area contributed by atoms with E-state index in [0.717, 1.165) is 12.1 Å². The van der Waals surface area contributed by atoms with Crippen LogP contribution >= 0.6 is 23.2 Å². The molecule has 0 unspecified atom stereocenters. The third-order valence-corrected chi connectivity index (χ3v) is 4.93. The Balaban J connectivity index is 1.78. The molecule has 7 nitrogen and oxygen atoms in total. The normalized spacial score (nSPS) is 11.2. The molecular formula is C20H13Cl2F3N4O3. The zero-order valence-corrected chi connectivity index (χ0v) is 17.6. The van der Waals surface area contributed by atoms with Crippen LogP contribution in [-0.2, 0) is 6.18 Å². The van der Waals surface area contributed by atoms with Crippen LogP contribution in [0, 0.1) is 17.0 Å². The molecule has 0 bridgehead atoms. The third-order valence-electron chi connectivity index (χ3n) is 4.31. The Morgan fingerprint density at radius 2 is 1.81 bits per heavy atom. The topological polar surface area (TPSA) is 97.2 Å². The summed E-state index contributed by atoms with van der Waals surface area (Å²) in [4.78, 5) is 26.5. The smallest absolute Gasteiger partial charge is 0.339 e. The number of anilines is 3. The first kappa shape index (κ1) is 23.3. The van der Waals surface area contributed by atoms with E-state index in [9.17, 15) is 28.1 Å². The van der Waals surface area contributed by atoms with Gasteiger partial charge in [-0.25, -0.2) is 4.98 Å². The number of hydrogen-bond donors (Lipinski definition) is 2. The van der Waals surface area contributed by atoms with Crippen LogP contribution in [0.5, 0.6) is 0 Å². The molecule has 3 rings (SSSR count). The minimum atomic E-state index is -4.56. The monoisotopic (exact) mass is 484 g/mol. The minimum Gasteiger partial charge on any atom is -0.339 e. The van der Waals surface area contributed by atoms with Crippen molar-refractivity contribution in [2.75, 3.05) is 10.6 Å². The Hall–Kier alpha value is -3.37. The summed E-state index contributed by atoms with van der Waals surface area (Å²) in [5.74, 6) is -0.616. The lowest BCUT2D eigenvalue weighted by Gasteiger charge is -2.14. The lowest BCUT2D eigenvalue weighted by molar-refractivity contribution is -0.384. The summed E-state index contributed by atoms with van der Waals surface area (Å²) >= 11 is 11.9. The highest BCUT2D eigenvalue weighted by Crippen LogP contribution is 2.34. The lowest BCUT2D eigenvalue weighted by atomic mass is 10.1. The maximum atomic E-state index is 12.8. The number of alkyl halides is 3. The van der Waals surface area contributed by atoms with Gasteiger partial charge in [0.25, 0.3) is 11.6 Å². The van der Waals surface area contributed by atoms with Crippen molar-refractivity contribution < 1.29 is 22.9 Å². The largest absolute Gasteiger partial charge is 0.417 e. The van der Waals surface area contributed by atoms with E-state index < -0.39 is 22.6 Å². The average molecular weight is 485 g/mol. The number of non-ortho nitro benzene ring substituents is 1. The third kappa shape index (κ3) is 5.27. The number of carbonyl (C=O) groups excluding carboxylic acids is 1. The van der Waals surface area contributed by atoms with Crippen molar-refractivity contribution in [1.82, 2.24) is 4.98 Å². The number of pyridine rings is 1. The minimum absolute atomic E-state index is 0.0305. The van der Waals surface area contributed by atoms with Crippen molar-refractivity contribution in [1.29, 1.82) is 0 Å². The molecule has 1 amide bonds. The summed E-state index contributed by atoms with van der Waals surface area (Å²) in [5, 5.41) is 16.2. The molecule has 166 valence electrons. The molecule has 0 aliphatic heterocycles. The molecule has 12 heteroatoms. The van der Waals surface area contributed by atoms with Crippen LogP contribution in [0.25, 0.3) is 0 Å². The molecule has 3 aromatic rings. The van der Waals surface area contributed by atoms with Crippen LogP contribution < -0.4 is 10.6 Å². The van der Waals surface area contributed by atoms with Crippen molar-refractivity contribution in [3.05, 3.63) is 85.5 Å². The fraction of sp³-hybridized carbons (Fsp3) is 0.100. The molecular weight excluding hydrogens is 472 g/mol. The van der Waals surface area contributed by atoms with Gasteiger partial charge in [0, 0.05) is 29.7 Å². The SMILES string of the molecule is Cc1cc(NC(=O)c2cc([N+](=O)[O-])ccc2Cl)ccc1Nc1ncc(C(F)(F)F)cc1Cl. The van der Waals surface area contributed by atoms with E-state index in [1.54, 1.807) is 19.1 Å². The van der Waals surface area contributed by atoms with Crippen LogP contribution in [-0.4, -0.2) is 15.8 Å². The predicted octanol–water partition coefficient (Wildman–Crippen LogP) is 6.62. The lowest BCUT2D eigenvalue weighted by Crippen LogP contribution is -2.13. The van der Waals surface area contributed by atoms with Crippen molar-refractivity contribution in [2.45, 2.75) is 13.1 Å². The Labute approximate surface area is 189 Å². The van der Waals surface area contributed by atoms with Gasteiger partial charge in [-0.15, -0.1) is 0 Å². The van der Waals surface area contributed by atoms with Crippen molar-refractivity contribution >= 4 is 52.0 Å². The second-order valence-electron chi connectivity index (χ2n) is 6.58. The van der Waals surface area contributed by atoms with E-state index in [1.165, 1.54) is 18.2 Å². The summed E-state index contributed by atoms with van der Waals surface area (Å²) in [5.41, 5.74) is 0.156. The molecule has 0 atom stereocenters. The van der Waals surface area contributed by atoms with Gasteiger partial charge < -0.3 is 10.6 Å². The van der Waals surface area contributed by atoms with Gasteiger partial charge in [0.2, 0.25) is 0 Å². The average Bonchev–Trinajstić information content (AvgIpc) is 2.70. The molecule has 0 spiro atoms. The van der Waals surface area contributed by atoms with Gasteiger partial charge in [-0.1, -0.05) is 23.2 Å². The number of hydrogen-bond acceptors (Lipinski definition) is 5. The number of carbonyl (C=O) groups is 1. The van der Waals surface area contributed by atoms with Gasteiger partial charge in [-0.2, -0.15) is 13.2 Å². The first-order valence-corrected chi connectivity index (χ1v) is 9.57. The predicted molar refractivity (Wildman–Crippen MR) is 115 cm³/mol. The Morgan fingerprint density at radius 3 is 2.41 bits per heavy atom. The number of aryl methyl sites for hydroxylation is 1. The van der Waals surface area contributed by atoms with Crippen LogP contribution in [0.15, 0.2) is 48.7 Å². The summed E-state index contributed by atoms with van der Waals surface area (Å²) in [6, 6.07) is 8.95. The highest BCUT2D eigenvalue weighted by atomic mass is 35.5. The van der Waals surface area contributed by atoms with Crippen molar-refractivity contribution in [3.63, 3.8) is 0 Å². The van der Waals surface area contributed by atoms with Gasteiger partial charge in [0.05, 0.1) is 26.1 Å². The number of halogens is 5. The van der Waals surface area contributed by atoms with Crippen LogP contribution in [0.3, 0.4) is 0 Å². The zero-order chi connectivity index (χ0) is 23.6. The molecule has 0 aliphatic carbocycles. The second-order valence-corrected chi connectivity index (χ2v) is 7.40. The van der Waals surface area contributed by atoms with Crippen molar-refractivity contribution in [3.8, 4) is 0 Å². The highest BCUT2D eigenvalue weighted by molar-refractivity contribution is 6.34. The Kier molecular flexibility index (Phi) is 6.56. The zero-order valence-electron chi connectivity index (χ0n) is 16.1. The van der Waals surface area contributed by atoms with Gasteiger partial charge in [0.15, 0.2) is 0 Å². The summed E-state index contributed by atoms with van der Waals surface area (Å²) in [6.45, 7) is 1.69. The van der Waals surface area contributed by atoms with Crippen molar-refractivity contribution in [2.24, 2.45) is 0 Å². The van der Waals surface area contributed by atoms with E-state index in [-0.39, 0.29) is 27.1 Å². The molecule has 0 saturated heterocycles. The fourth-order valence-corrected chi connectivity index (χ4v) is 3.11. The molecule has 2 N–H and O–H groups in total. The fourth-order valence-electron chi connectivity index (χ4n) is 2.69. The molecule has 0 aliphatic rings. The van der Waals surface area contributed by atoms with E-state index in [2.05, 4.69) is 15.6 Å². The molecule has 2 aromatic carbocycles. The maximum Gasteiger partial charge on any atom is 0.417 e. The first-order valence-electron chi connectivity index (χ1n) is 8.81. The van der Waals surface area contributed by atoms with Gasteiger partial charge in [-0.3, -0.25) is 14.9 Å². The number of rotatable bonds is 5. The van der Waals surface area contributed by atoms with Gasteiger partial charge in [0.1, 0.15) is 5.82 Å². The summed E-state index contributed by atoms with van der Waals surface area (Å²) in [7, 11) is 0. The van der Waals surface area contributed by atoms with Gasteiger partial charge >= 0.3 is 6.18 Å². The van der Waals surface area contributed by atoms with Crippen LogP contribution in [0.1, 0.15) is 21.5 Å². The highest BCUT2D eigenvalue weighted by Gasteiger charge is 2.31. The molecule has 0 saturated carbocycles. The van der Waals surface area contributed by atoms with E-state index in [1.807, 2.05) is 0 Å². The van der Waals surface area contributed by atoms with Crippen LogP contribution in [0.2, 0.25) is 10.0 Å². The molecule has 0 fully saturated rings. The molecule has 0 radical (unpaired) electrons.